The number of hydrogen-bond donors (Lipinski definition) is 2. The Morgan fingerprint density at radius 2 is 2.07 bits per heavy atom. The number of benzene rings is 2. The molecule has 7 heteroatoms. The van der Waals surface area contributed by atoms with E-state index in [1.165, 1.54) is 12.1 Å². The molecule has 0 spiro atoms. The highest BCUT2D eigenvalue weighted by Crippen LogP contribution is 2.50. The van der Waals surface area contributed by atoms with Gasteiger partial charge >= 0.3 is 0 Å². The van der Waals surface area contributed by atoms with Crippen LogP contribution >= 0.6 is 35.6 Å². The number of nitrogens with zero attached hydrogens (tertiary/aromatic N) is 1. The number of guanidine groups is 1. The second-order valence-corrected chi connectivity index (χ2v) is 7.39. The van der Waals surface area contributed by atoms with Gasteiger partial charge in [0.2, 0.25) is 0 Å². The lowest BCUT2D eigenvalue weighted by Crippen LogP contribution is -2.38. The first-order chi connectivity index (χ1) is 12.6. The highest BCUT2D eigenvalue weighted by atomic mass is 127. The zero-order chi connectivity index (χ0) is 18.1. The molecule has 1 atom stereocenters. The van der Waals surface area contributed by atoms with E-state index in [4.69, 9.17) is 22.1 Å². The van der Waals surface area contributed by atoms with Crippen molar-refractivity contribution in [2.24, 2.45) is 10.7 Å². The predicted molar refractivity (Wildman–Crippen MR) is 117 cm³/mol. The molecule has 1 heterocycles. The summed E-state index contributed by atoms with van der Waals surface area (Å²) in [6, 6.07) is 12.6. The van der Waals surface area contributed by atoms with E-state index in [-0.39, 0.29) is 41.3 Å². The SMILES string of the molecule is I.NC(=NCC1(c2ccc(F)cc2Cl)CC1)NC1CCOc2ccccc21. The van der Waals surface area contributed by atoms with Crippen molar-refractivity contribution in [3.05, 3.63) is 64.4 Å². The van der Waals surface area contributed by atoms with Gasteiger partial charge in [0.1, 0.15) is 11.6 Å². The van der Waals surface area contributed by atoms with Crippen LogP contribution in [-0.4, -0.2) is 19.1 Å². The molecule has 144 valence electrons. The second kappa shape index (κ2) is 8.22. The van der Waals surface area contributed by atoms with Gasteiger partial charge in [-0.25, -0.2) is 4.39 Å². The van der Waals surface area contributed by atoms with Crippen molar-refractivity contribution in [3.8, 4) is 5.75 Å². The summed E-state index contributed by atoms with van der Waals surface area (Å²) < 4.78 is 19.0. The largest absolute Gasteiger partial charge is 0.493 e. The predicted octanol–water partition coefficient (Wildman–Crippen LogP) is 4.56. The minimum Gasteiger partial charge on any atom is -0.493 e. The zero-order valence-electron chi connectivity index (χ0n) is 14.8. The van der Waals surface area contributed by atoms with Gasteiger partial charge in [-0.05, 0) is 36.6 Å². The minimum absolute atomic E-state index is 0. The van der Waals surface area contributed by atoms with Gasteiger partial charge in [0.25, 0.3) is 0 Å². The molecule has 4 nitrogen and oxygen atoms in total. The first-order valence-corrected chi connectivity index (χ1v) is 9.19. The molecule has 1 aliphatic carbocycles. The molecule has 0 radical (unpaired) electrons. The number of nitrogens with one attached hydrogen (secondary N) is 1. The van der Waals surface area contributed by atoms with E-state index < -0.39 is 0 Å². The van der Waals surface area contributed by atoms with Crippen LogP contribution in [-0.2, 0) is 5.41 Å². The highest BCUT2D eigenvalue weighted by molar-refractivity contribution is 14.0. The molecule has 0 bridgehead atoms. The van der Waals surface area contributed by atoms with Gasteiger partial charge < -0.3 is 15.8 Å². The Morgan fingerprint density at radius 3 is 2.81 bits per heavy atom. The van der Waals surface area contributed by atoms with Crippen LogP contribution in [0.2, 0.25) is 5.02 Å². The molecule has 1 aliphatic heterocycles. The first kappa shape index (κ1) is 20.2. The molecule has 0 amide bonds. The Kier molecular flexibility index (Phi) is 6.15. The Labute approximate surface area is 180 Å². The second-order valence-electron chi connectivity index (χ2n) is 6.98. The number of nitrogens with two attached hydrogens (primary N) is 1. The summed E-state index contributed by atoms with van der Waals surface area (Å²) in [6.07, 6.45) is 2.80. The quantitative estimate of drug-likeness (QED) is 0.367. The van der Waals surface area contributed by atoms with Crippen molar-refractivity contribution < 1.29 is 9.13 Å². The lowest BCUT2D eigenvalue weighted by molar-refractivity contribution is 0.262. The summed E-state index contributed by atoms with van der Waals surface area (Å²) in [5, 5.41) is 3.77. The summed E-state index contributed by atoms with van der Waals surface area (Å²) in [6.45, 7) is 1.19. The Bertz CT molecular complexity index is 857. The first-order valence-electron chi connectivity index (χ1n) is 8.81. The van der Waals surface area contributed by atoms with E-state index in [9.17, 15) is 4.39 Å². The molecule has 2 aliphatic rings. The van der Waals surface area contributed by atoms with E-state index >= 15 is 0 Å². The van der Waals surface area contributed by atoms with E-state index in [0.29, 0.717) is 24.1 Å². The smallest absolute Gasteiger partial charge is 0.189 e. The van der Waals surface area contributed by atoms with Crippen LogP contribution in [0.3, 0.4) is 0 Å². The Balaban J connectivity index is 0.00000210. The van der Waals surface area contributed by atoms with Crippen LogP contribution in [0.15, 0.2) is 47.5 Å². The van der Waals surface area contributed by atoms with E-state index in [1.54, 1.807) is 6.07 Å². The van der Waals surface area contributed by atoms with Gasteiger partial charge in [-0.1, -0.05) is 35.9 Å². The van der Waals surface area contributed by atoms with Gasteiger partial charge in [0.05, 0.1) is 19.2 Å². The van der Waals surface area contributed by atoms with Crippen molar-refractivity contribution >= 4 is 41.5 Å². The van der Waals surface area contributed by atoms with Gasteiger partial charge in [0.15, 0.2) is 5.96 Å². The van der Waals surface area contributed by atoms with E-state index in [2.05, 4.69) is 10.3 Å². The molecule has 1 unspecified atom stereocenters. The van der Waals surface area contributed by atoms with Crippen molar-refractivity contribution in [1.29, 1.82) is 0 Å². The monoisotopic (exact) mass is 501 g/mol. The van der Waals surface area contributed by atoms with Crippen LogP contribution in [0.4, 0.5) is 4.39 Å². The molecule has 1 saturated carbocycles. The molecule has 27 heavy (non-hydrogen) atoms. The van der Waals surface area contributed by atoms with Gasteiger partial charge in [0, 0.05) is 22.4 Å². The van der Waals surface area contributed by atoms with Crippen LogP contribution in [0.25, 0.3) is 0 Å². The number of halogens is 3. The molecule has 2 aromatic rings. The fraction of sp³-hybridized carbons (Fsp3) is 0.350. The fourth-order valence-electron chi connectivity index (χ4n) is 3.54. The van der Waals surface area contributed by atoms with Gasteiger partial charge in [-0.15, -0.1) is 24.0 Å². The lowest BCUT2D eigenvalue weighted by atomic mass is 9.96. The summed E-state index contributed by atoms with van der Waals surface area (Å²) in [5.74, 6) is 0.981. The van der Waals surface area contributed by atoms with Crippen molar-refractivity contribution in [1.82, 2.24) is 5.32 Å². The number of aliphatic imine (C=N–C) groups is 1. The minimum atomic E-state index is -0.322. The molecule has 1 fully saturated rings. The third-order valence-corrected chi connectivity index (χ3v) is 5.50. The van der Waals surface area contributed by atoms with Crippen molar-refractivity contribution in [3.63, 3.8) is 0 Å². The molecule has 0 saturated heterocycles. The number of para-hydroxylation sites is 1. The van der Waals surface area contributed by atoms with Crippen LogP contribution in [0, 0.1) is 5.82 Å². The number of ether oxygens (including phenoxy) is 1. The molecule has 4 rings (SSSR count). The topological polar surface area (TPSA) is 59.6 Å². The van der Waals surface area contributed by atoms with Crippen LogP contribution in [0.5, 0.6) is 5.75 Å². The maximum absolute atomic E-state index is 13.3. The van der Waals surface area contributed by atoms with Crippen LogP contribution in [0.1, 0.15) is 36.4 Å². The molecular weight excluding hydrogens is 480 g/mol. The van der Waals surface area contributed by atoms with E-state index in [0.717, 1.165) is 36.1 Å². The van der Waals surface area contributed by atoms with Crippen molar-refractivity contribution in [2.75, 3.05) is 13.2 Å². The average molecular weight is 502 g/mol. The number of rotatable bonds is 4. The molecule has 0 aromatic heterocycles. The molecule has 3 N–H and O–H groups in total. The average Bonchev–Trinajstić information content (AvgIpc) is 3.41. The zero-order valence-corrected chi connectivity index (χ0v) is 17.8. The van der Waals surface area contributed by atoms with Crippen LogP contribution < -0.4 is 15.8 Å². The Hall–Kier alpha value is -1.54. The van der Waals surface area contributed by atoms with Gasteiger partial charge in [-0.2, -0.15) is 0 Å². The summed E-state index contributed by atoms with van der Waals surface area (Å²) in [7, 11) is 0. The molecular formula is C20H22ClFIN3O. The third-order valence-electron chi connectivity index (χ3n) is 5.19. The maximum atomic E-state index is 13.3. The summed E-state index contributed by atoms with van der Waals surface area (Å²) in [5.41, 5.74) is 8.07. The number of hydrogen-bond acceptors (Lipinski definition) is 2. The lowest BCUT2D eigenvalue weighted by Gasteiger charge is -2.27. The van der Waals surface area contributed by atoms with Gasteiger partial charge in [-0.3, -0.25) is 4.99 Å². The summed E-state index contributed by atoms with van der Waals surface area (Å²) >= 11 is 6.23. The normalized spacial score (nSPS) is 20.1. The fourth-order valence-corrected chi connectivity index (χ4v) is 3.90. The Morgan fingerprint density at radius 1 is 1.30 bits per heavy atom. The van der Waals surface area contributed by atoms with Crippen molar-refractivity contribution in [2.45, 2.75) is 30.7 Å². The maximum Gasteiger partial charge on any atom is 0.189 e. The highest BCUT2D eigenvalue weighted by Gasteiger charge is 2.45. The number of fused-ring (bicyclic) bond motifs is 1. The summed E-state index contributed by atoms with van der Waals surface area (Å²) in [4.78, 5) is 4.56. The van der Waals surface area contributed by atoms with E-state index in [1.807, 2.05) is 24.3 Å². The third kappa shape index (κ3) is 4.32. The molecule has 2 aromatic carbocycles. The standard InChI is InChI=1S/C20H21ClFN3O.HI/c21-16-11-13(22)5-6-15(16)20(8-9-20)12-24-19(23)25-17-7-10-26-18-4-2-1-3-14(17)18;/h1-6,11,17H,7-10,12H2,(H3,23,24,25);1H.